The van der Waals surface area contributed by atoms with E-state index in [2.05, 4.69) is 28.6 Å². The van der Waals surface area contributed by atoms with Crippen LogP contribution in [0.15, 0.2) is 42.4 Å². The number of benzene rings is 1. The summed E-state index contributed by atoms with van der Waals surface area (Å²) in [5, 5.41) is 1.17. The Kier molecular flexibility index (Phi) is 1.42. The number of fused-ring (bicyclic) bond motifs is 3. The fourth-order valence-electron chi connectivity index (χ4n) is 1.90. The van der Waals surface area contributed by atoms with Crippen molar-refractivity contribution in [1.82, 2.24) is 4.40 Å². The summed E-state index contributed by atoms with van der Waals surface area (Å²) in [4.78, 5) is 0. The number of anilines is 1. The van der Waals surface area contributed by atoms with Crippen molar-refractivity contribution in [3.8, 4) is 0 Å². The molecule has 2 aromatic heterocycles. The minimum absolute atomic E-state index is 0.823. The first-order valence-electron chi connectivity index (χ1n) is 4.60. The normalized spacial score (nSPS) is 10.9. The summed E-state index contributed by atoms with van der Waals surface area (Å²) in [5.74, 6) is 2.08. The predicted octanol–water partition coefficient (Wildman–Crippen LogP) is 2.01. The molecule has 0 atom stereocenters. The zero-order valence-corrected chi connectivity index (χ0v) is 7.64. The molecular weight excluding hydrogens is 171 g/mol. The number of hydrogen-bond donors (Lipinski definition) is 1. The SMILES string of the molecule is Nc1cccc2ccc3cbcn3c12. The topological polar surface area (TPSA) is 30.4 Å². The standard InChI is InChI=1S/C11H9BN2/c13-10-3-1-2-8-4-5-9-6-12-7-14(9)11(8)10/h1-7H,13H2. The van der Waals surface area contributed by atoms with E-state index in [0.717, 1.165) is 11.2 Å². The van der Waals surface area contributed by atoms with E-state index in [1.54, 1.807) is 0 Å². The molecule has 0 bridgehead atoms. The molecule has 1 aromatic carbocycles. The van der Waals surface area contributed by atoms with Crippen LogP contribution in [-0.4, -0.2) is 11.3 Å². The van der Waals surface area contributed by atoms with Gasteiger partial charge in [0.2, 0.25) is 0 Å². The van der Waals surface area contributed by atoms with E-state index in [4.69, 9.17) is 5.73 Å². The number of nitrogens with zero attached hydrogens (tertiary/aromatic N) is 1. The Morgan fingerprint density at radius 2 is 2.07 bits per heavy atom. The van der Waals surface area contributed by atoms with Crippen LogP contribution in [-0.2, 0) is 0 Å². The third-order valence-electron chi connectivity index (χ3n) is 2.55. The van der Waals surface area contributed by atoms with Gasteiger partial charge in [0.1, 0.15) is 0 Å². The van der Waals surface area contributed by atoms with Gasteiger partial charge in [0, 0.05) is 0 Å². The predicted molar refractivity (Wildman–Crippen MR) is 60.7 cm³/mol. The Bertz CT molecular complexity index is 613. The van der Waals surface area contributed by atoms with Gasteiger partial charge in [-0.3, -0.25) is 0 Å². The molecule has 3 aromatic rings. The van der Waals surface area contributed by atoms with Crippen LogP contribution in [0.2, 0.25) is 0 Å². The van der Waals surface area contributed by atoms with E-state index >= 15 is 0 Å². The number of nitrogens with two attached hydrogens (primary N) is 1. The fraction of sp³-hybridized carbons (Fsp3) is 0. The van der Waals surface area contributed by atoms with Gasteiger partial charge in [0.25, 0.3) is 0 Å². The van der Waals surface area contributed by atoms with E-state index < -0.39 is 0 Å². The Morgan fingerprint density at radius 1 is 1.14 bits per heavy atom. The second-order valence-corrected chi connectivity index (χ2v) is 3.42. The van der Waals surface area contributed by atoms with Crippen LogP contribution in [0.1, 0.15) is 0 Å². The van der Waals surface area contributed by atoms with Crippen LogP contribution < -0.4 is 5.73 Å². The average molecular weight is 180 g/mol. The maximum atomic E-state index is 5.96. The third-order valence-corrected chi connectivity index (χ3v) is 2.55. The number of hydrogen-bond acceptors (Lipinski definition) is 1. The molecule has 2 nitrogen and oxygen atoms in total. The molecule has 0 fully saturated rings. The molecule has 3 rings (SSSR count). The van der Waals surface area contributed by atoms with Crippen LogP contribution >= 0.6 is 0 Å². The summed E-state index contributed by atoms with van der Waals surface area (Å²) in [6, 6.07) is 10.2. The van der Waals surface area contributed by atoms with Gasteiger partial charge in [0.05, 0.1) is 0 Å². The molecule has 0 aliphatic carbocycles. The molecule has 66 valence electrons. The zero-order chi connectivity index (χ0) is 9.54. The van der Waals surface area contributed by atoms with Crippen LogP contribution in [0.25, 0.3) is 16.4 Å². The molecule has 0 aliphatic heterocycles. The van der Waals surface area contributed by atoms with Gasteiger partial charge < -0.3 is 0 Å². The Balaban J connectivity index is 2.67. The summed E-state index contributed by atoms with van der Waals surface area (Å²) in [7, 11) is 0. The Hall–Kier alpha value is -1.77. The zero-order valence-electron chi connectivity index (χ0n) is 7.64. The number of pyridine rings is 1. The Labute approximate surface area is 82.2 Å². The fourth-order valence-corrected chi connectivity index (χ4v) is 1.90. The van der Waals surface area contributed by atoms with Crippen molar-refractivity contribution < 1.29 is 0 Å². The number of para-hydroxylation sites is 1. The second-order valence-electron chi connectivity index (χ2n) is 3.42. The number of aromatic nitrogens is 1. The van der Waals surface area contributed by atoms with Crippen molar-refractivity contribution in [3.63, 3.8) is 0 Å². The van der Waals surface area contributed by atoms with E-state index in [1.165, 1.54) is 10.9 Å². The van der Waals surface area contributed by atoms with E-state index in [0.29, 0.717) is 0 Å². The maximum absolute atomic E-state index is 5.96. The molecule has 3 heteroatoms. The van der Waals surface area contributed by atoms with Crippen LogP contribution in [0.4, 0.5) is 5.69 Å². The van der Waals surface area contributed by atoms with Crippen molar-refractivity contribution in [2.45, 2.75) is 0 Å². The molecular formula is C11H9BN2. The first-order valence-corrected chi connectivity index (χ1v) is 4.60. The monoisotopic (exact) mass is 180 g/mol. The molecule has 2 N–H and O–H groups in total. The van der Waals surface area contributed by atoms with Crippen molar-refractivity contribution in [2.75, 3.05) is 5.73 Å². The molecule has 0 saturated heterocycles. The number of nitrogen functional groups attached to an aromatic ring is 1. The molecule has 0 aliphatic rings. The first-order chi connectivity index (χ1) is 6.86. The summed E-state index contributed by atoms with van der Waals surface area (Å²) < 4.78 is 2.12. The summed E-state index contributed by atoms with van der Waals surface area (Å²) >= 11 is 0. The van der Waals surface area contributed by atoms with Crippen molar-refractivity contribution in [2.24, 2.45) is 0 Å². The van der Waals surface area contributed by atoms with Crippen molar-refractivity contribution in [1.29, 1.82) is 0 Å². The van der Waals surface area contributed by atoms with E-state index in [-0.39, 0.29) is 0 Å². The minimum atomic E-state index is 0.823. The molecule has 14 heavy (non-hydrogen) atoms. The molecule has 0 radical (unpaired) electrons. The molecule has 2 heterocycles. The van der Waals surface area contributed by atoms with Crippen molar-refractivity contribution >= 4 is 29.0 Å². The second kappa shape index (κ2) is 2.61. The molecule has 0 amide bonds. The summed E-state index contributed by atoms with van der Waals surface area (Å²) in [6.45, 7) is 2.03. The Morgan fingerprint density at radius 3 is 3.00 bits per heavy atom. The molecule has 0 saturated carbocycles. The van der Waals surface area contributed by atoms with Gasteiger partial charge in [-0.25, -0.2) is 0 Å². The first kappa shape index (κ1) is 7.62. The van der Waals surface area contributed by atoms with Gasteiger partial charge in [-0.2, -0.15) is 0 Å². The van der Waals surface area contributed by atoms with Gasteiger partial charge >= 0.3 is 81.5 Å². The quantitative estimate of drug-likeness (QED) is 0.527. The van der Waals surface area contributed by atoms with Crippen LogP contribution in [0.3, 0.4) is 0 Å². The molecule has 0 unspecified atom stereocenters. The average Bonchev–Trinajstić information content (AvgIpc) is 2.65. The van der Waals surface area contributed by atoms with E-state index in [9.17, 15) is 0 Å². The third kappa shape index (κ3) is 0.895. The van der Waals surface area contributed by atoms with Crippen LogP contribution in [0.5, 0.6) is 0 Å². The van der Waals surface area contributed by atoms with Gasteiger partial charge in [-0.15, -0.1) is 0 Å². The van der Waals surface area contributed by atoms with Gasteiger partial charge in [0.15, 0.2) is 0 Å². The van der Waals surface area contributed by atoms with Crippen LogP contribution in [0, 0.1) is 0 Å². The summed E-state index contributed by atoms with van der Waals surface area (Å²) in [5.41, 5.74) is 9.05. The summed E-state index contributed by atoms with van der Waals surface area (Å²) in [6.07, 6.45) is 2.04. The number of rotatable bonds is 0. The molecule has 0 spiro atoms. The van der Waals surface area contributed by atoms with E-state index in [1.807, 2.05) is 25.1 Å². The van der Waals surface area contributed by atoms with Gasteiger partial charge in [-0.1, -0.05) is 0 Å². The van der Waals surface area contributed by atoms with Crippen molar-refractivity contribution in [3.05, 3.63) is 42.4 Å². The van der Waals surface area contributed by atoms with Gasteiger partial charge in [-0.05, 0) is 0 Å².